The molecule has 0 radical (unpaired) electrons. The number of hydrogen-bond acceptors (Lipinski definition) is 9. The molecule has 0 saturated carbocycles. The number of anilines is 1. The van der Waals surface area contributed by atoms with Crippen molar-refractivity contribution < 1.29 is 14.4 Å². The number of nitrogen functional groups attached to an aromatic ring is 1. The van der Waals surface area contributed by atoms with E-state index in [0.717, 1.165) is 11.1 Å². The van der Waals surface area contributed by atoms with Gasteiger partial charge in [0.1, 0.15) is 16.4 Å². The van der Waals surface area contributed by atoms with E-state index in [-0.39, 0.29) is 47.7 Å². The lowest BCUT2D eigenvalue weighted by Gasteiger charge is -2.30. The van der Waals surface area contributed by atoms with E-state index in [1.54, 1.807) is 11.1 Å². The first kappa shape index (κ1) is 24.0. The fraction of sp³-hybridized carbons (Fsp3) is 0.458. The van der Waals surface area contributed by atoms with Gasteiger partial charge in [-0.3, -0.25) is 19.5 Å². The minimum absolute atomic E-state index is 0.0367. The predicted octanol–water partition coefficient (Wildman–Crippen LogP) is 1.43. The Balaban J connectivity index is 1.28. The minimum atomic E-state index is -0.345. The molecule has 5 rings (SSSR count). The Hall–Kier alpha value is -3.67. The number of carbonyl (C=O) groups is 3. The number of piperidine rings is 1. The molecule has 0 spiro atoms. The number of fused-ring (bicyclic) bond motifs is 3. The molecular formula is C24H28N8O3S. The van der Waals surface area contributed by atoms with E-state index in [9.17, 15) is 14.4 Å². The number of carbonyl (C=O) groups excluding carboxylic acids is 3. The number of ketones is 1. The average molecular weight is 509 g/mol. The first-order chi connectivity index (χ1) is 17.1. The summed E-state index contributed by atoms with van der Waals surface area (Å²) in [7, 11) is 0. The summed E-state index contributed by atoms with van der Waals surface area (Å²) in [5, 5.41) is 9.81. The van der Waals surface area contributed by atoms with Gasteiger partial charge in [0.25, 0.3) is 0 Å². The average Bonchev–Trinajstić information content (AvgIpc) is 3.47. The van der Waals surface area contributed by atoms with Crippen LogP contribution in [-0.4, -0.2) is 60.7 Å². The lowest BCUT2D eigenvalue weighted by atomic mass is 9.73. The molecule has 1 saturated heterocycles. The van der Waals surface area contributed by atoms with Crippen LogP contribution >= 0.6 is 11.3 Å². The Morgan fingerprint density at radius 2 is 1.92 bits per heavy atom. The van der Waals surface area contributed by atoms with Crippen LogP contribution < -0.4 is 11.5 Å². The number of hydrogen-bond donors (Lipinski definition) is 3. The molecule has 188 valence electrons. The van der Waals surface area contributed by atoms with Gasteiger partial charge in [0.15, 0.2) is 5.78 Å². The lowest BCUT2D eigenvalue weighted by molar-refractivity contribution is -0.134. The number of rotatable bonds is 6. The Bertz CT molecular complexity index is 1350. The van der Waals surface area contributed by atoms with E-state index in [4.69, 9.17) is 11.5 Å². The molecule has 1 aliphatic carbocycles. The first-order valence-electron chi connectivity index (χ1n) is 11.9. The number of nitrogens with zero attached hydrogens (tertiary/aromatic N) is 5. The number of nitrogens with one attached hydrogen (secondary N) is 1. The van der Waals surface area contributed by atoms with Gasteiger partial charge in [-0.2, -0.15) is 5.10 Å². The van der Waals surface area contributed by atoms with E-state index in [1.165, 1.54) is 11.3 Å². The number of Topliss-reactive ketones (excluding diaryl/α,β-unsaturated/α-hetero) is 1. The van der Waals surface area contributed by atoms with Gasteiger partial charge in [-0.1, -0.05) is 13.8 Å². The summed E-state index contributed by atoms with van der Waals surface area (Å²) in [6.07, 6.45) is 3.83. The highest BCUT2D eigenvalue weighted by molar-refractivity contribution is 7.09. The van der Waals surface area contributed by atoms with Crippen molar-refractivity contribution in [3.8, 4) is 11.4 Å². The number of aromatic nitrogens is 5. The van der Waals surface area contributed by atoms with Crippen LogP contribution in [-0.2, 0) is 34.3 Å². The van der Waals surface area contributed by atoms with Crippen molar-refractivity contribution in [1.82, 2.24) is 30.0 Å². The molecule has 0 atom stereocenters. The van der Waals surface area contributed by atoms with Crippen molar-refractivity contribution >= 4 is 34.9 Å². The molecule has 3 aromatic heterocycles. The maximum absolute atomic E-state index is 13.3. The molecule has 2 aliphatic rings. The SMILES string of the molecule is CC1(C)Cc2cnc(N)nc2-c2n[nH]c(C(=O)Cc3nc(CC(=O)N4CCC(C(N)=O)CC4)cs3)c21. The van der Waals surface area contributed by atoms with Gasteiger partial charge in [-0.05, 0) is 30.2 Å². The summed E-state index contributed by atoms with van der Waals surface area (Å²) in [5.41, 5.74) is 15.0. The van der Waals surface area contributed by atoms with Crippen LogP contribution in [0.15, 0.2) is 11.6 Å². The highest BCUT2D eigenvalue weighted by Gasteiger charge is 2.38. The largest absolute Gasteiger partial charge is 0.369 e. The van der Waals surface area contributed by atoms with Gasteiger partial charge in [-0.15, -0.1) is 11.3 Å². The number of primary amides is 1. The summed E-state index contributed by atoms with van der Waals surface area (Å²) in [4.78, 5) is 52.1. The van der Waals surface area contributed by atoms with Gasteiger partial charge >= 0.3 is 0 Å². The molecular weight excluding hydrogens is 480 g/mol. The molecule has 0 aromatic carbocycles. The van der Waals surface area contributed by atoms with E-state index in [2.05, 4.69) is 39.0 Å². The van der Waals surface area contributed by atoms with Crippen LogP contribution in [0.4, 0.5) is 5.95 Å². The molecule has 5 N–H and O–H groups in total. The summed E-state index contributed by atoms with van der Waals surface area (Å²) in [6.45, 7) is 5.16. The topological polar surface area (TPSA) is 174 Å². The van der Waals surface area contributed by atoms with E-state index >= 15 is 0 Å². The van der Waals surface area contributed by atoms with Crippen LogP contribution in [0.1, 0.15) is 59.0 Å². The van der Waals surface area contributed by atoms with Crippen molar-refractivity contribution in [2.75, 3.05) is 18.8 Å². The van der Waals surface area contributed by atoms with Gasteiger partial charge in [-0.25, -0.2) is 15.0 Å². The number of aromatic amines is 1. The highest BCUT2D eigenvalue weighted by atomic mass is 32.1. The normalized spacial score (nSPS) is 16.9. The van der Waals surface area contributed by atoms with Gasteiger partial charge in [0, 0.05) is 36.1 Å². The predicted molar refractivity (Wildman–Crippen MR) is 133 cm³/mol. The van der Waals surface area contributed by atoms with E-state index in [0.29, 0.717) is 60.1 Å². The number of thiazole rings is 1. The second kappa shape index (κ2) is 9.08. The zero-order chi connectivity index (χ0) is 25.6. The van der Waals surface area contributed by atoms with Crippen molar-refractivity contribution in [2.45, 2.75) is 51.4 Å². The molecule has 36 heavy (non-hydrogen) atoms. The quantitative estimate of drug-likeness (QED) is 0.419. The molecule has 3 aromatic rings. The Morgan fingerprint density at radius 1 is 1.17 bits per heavy atom. The number of H-pyrrole nitrogens is 1. The fourth-order valence-electron chi connectivity index (χ4n) is 5.11. The lowest BCUT2D eigenvalue weighted by Crippen LogP contribution is -2.42. The van der Waals surface area contributed by atoms with E-state index < -0.39 is 0 Å². The van der Waals surface area contributed by atoms with Gasteiger partial charge in [0.2, 0.25) is 17.8 Å². The van der Waals surface area contributed by atoms with Crippen LogP contribution in [0.25, 0.3) is 11.4 Å². The molecule has 0 unspecified atom stereocenters. The van der Waals surface area contributed by atoms with E-state index in [1.807, 2.05) is 5.38 Å². The van der Waals surface area contributed by atoms with Gasteiger partial charge < -0.3 is 16.4 Å². The second-order valence-corrected chi connectivity index (χ2v) is 11.0. The van der Waals surface area contributed by atoms with Crippen molar-refractivity contribution in [3.05, 3.63) is 39.1 Å². The fourth-order valence-corrected chi connectivity index (χ4v) is 5.90. The third kappa shape index (κ3) is 4.48. The Morgan fingerprint density at radius 3 is 2.64 bits per heavy atom. The third-order valence-corrected chi connectivity index (χ3v) is 7.85. The van der Waals surface area contributed by atoms with Crippen molar-refractivity contribution in [3.63, 3.8) is 0 Å². The molecule has 4 heterocycles. The number of amides is 2. The summed E-state index contributed by atoms with van der Waals surface area (Å²) in [6, 6.07) is 0. The highest BCUT2D eigenvalue weighted by Crippen LogP contribution is 2.43. The molecule has 0 bridgehead atoms. The summed E-state index contributed by atoms with van der Waals surface area (Å²) >= 11 is 1.36. The minimum Gasteiger partial charge on any atom is -0.369 e. The smallest absolute Gasteiger partial charge is 0.228 e. The summed E-state index contributed by atoms with van der Waals surface area (Å²) in [5.74, 6) is -0.465. The molecule has 1 fully saturated rings. The molecule has 12 heteroatoms. The summed E-state index contributed by atoms with van der Waals surface area (Å²) < 4.78 is 0. The maximum Gasteiger partial charge on any atom is 0.228 e. The number of nitrogens with two attached hydrogens (primary N) is 2. The van der Waals surface area contributed by atoms with Gasteiger partial charge in [0.05, 0.1) is 24.2 Å². The molecule has 1 aliphatic heterocycles. The third-order valence-electron chi connectivity index (χ3n) is 6.96. The van der Waals surface area contributed by atoms with Crippen molar-refractivity contribution in [2.24, 2.45) is 11.7 Å². The second-order valence-electron chi connectivity index (χ2n) is 10.1. The van der Waals surface area contributed by atoms with Crippen LogP contribution in [0.5, 0.6) is 0 Å². The van der Waals surface area contributed by atoms with Crippen LogP contribution in [0, 0.1) is 5.92 Å². The number of likely N-dealkylation sites (tertiary alicyclic amines) is 1. The Kier molecular flexibility index (Phi) is 6.07. The Labute approximate surface area is 211 Å². The first-order valence-corrected chi connectivity index (χ1v) is 12.7. The molecule has 11 nitrogen and oxygen atoms in total. The van der Waals surface area contributed by atoms with Crippen LogP contribution in [0.3, 0.4) is 0 Å². The van der Waals surface area contributed by atoms with Crippen molar-refractivity contribution in [1.29, 1.82) is 0 Å². The zero-order valence-electron chi connectivity index (χ0n) is 20.2. The monoisotopic (exact) mass is 508 g/mol. The maximum atomic E-state index is 13.3. The molecule has 2 amide bonds. The van der Waals surface area contributed by atoms with Crippen LogP contribution in [0.2, 0.25) is 0 Å². The standard InChI is InChI=1S/C24H28N8O3S/c1-24(2)9-13-10-27-23(26)29-19(13)21-18(24)20(30-31-21)15(33)8-16-28-14(11-36-16)7-17(34)32-5-3-12(4-6-32)22(25)35/h10-12H,3-9H2,1-2H3,(H2,25,35)(H,30,31)(H2,26,27,29). The zero-order valence-corrected chi connectivity index (χ0v) is 21.0.